The third-order valence-electron chi connectivity index (χ3n) is 2.99. The number of hydrogen-bond acceptors (Lipinski definition) is 5. The molecule has 0 radical (unpaired) electrons. The average Bonchev–Trinajstić information content (AvgIpc) is 2.92. The molecule has 1 N–H and O–H groups in total. The van der Waals surface area contributed by atoms with Crippen molar-refractivity contribution in [2.24, 2.45) is 0 Å². The van der Waals surface area contributed by atoms with E-state index in [9.17, 15) is 4.79 Å². The number of carbonyl (C=O) groups is 1. The lowest BCUT2D eigenvalue weighted by molar-refractivity contribution is -0.122. The second kappa shape index (κ2) is 5.40. The van der Waals surface area contributed by atoms with Gasteiger partial charge in [0.15, 0.2) is 0 Å². The molecule has 0 saturated carbocycles. The van der Waals surface area contributed by atoms with Gasteiger partial charge in [-0.15, -0.1) is 16.9 Å². The van der Waals surface area contributed by atoms with Crippen LogP contribution in [0.1, 0.15) is 18.0 Å². The van der Waals surface area contributed by atoms with Crippen molar-refractivity contribution in [1.29, 1.82) is 0 Å². The minimum atomic E-state index is -0.0704. The zero-order chi connectivity index (χ0) is 13.1. The highest BCUT2D eigenvalue weighted by Crippen LogP contribution is 2.35. The van der Waals surface area contributed by atoms with E-state index in [0.717, 1.165) is 12.2 Å². The third-order valence-corrected chi connectivity index (χ3v) is 4.11. The molecule has 3 rings (SSSR count). The molecule has 1 atom stereocenters. The highest BCUT2D eigenvalue weighted by Gasteiger charge is 2.21. The molecule has 2 heterocycles. The lowest BCUT2D eigenvalue weighted by atomic mass is 10.0. The minimum absolute atomic E-state index is 0.0704. The molecule has 1 aliphatic rings. The maximum atomic E-state index is 12.0. The van der Waals surface area contributed by atoms with Gasteiger partial charge in [0.2, 0.25) is 5.91 Å². The summed E-state index contributed by atoms with van der Waals surface area (Å²) >= 11 is 1.84. The second-order valence-corrected chi connectivity index (χ2v) is 5.44. The smallest absolute Gasteiger partial charge is 0.242 e. The molecule has 0 fully saturated rings. The molecule has 2 aromatic rings. The Kier molecular flexibility index (Phi) is 3.45. The molecule has 98 valence electrons. The summed E-state index contributed by atoms with van der Waals surface area (Å²) in [5.74, 6) is 0.950. The summed E-state index contributed by atoms with van der Waals surface area (Å²) in [5.41, 5.74) is 1.20. The summed E-state index contributed by atoms with van der Waals surface area (Å²) in [4.78, 5) is 13.2. The first-order chi connectivity index (χ1) is 9.33. The van der Waals surface area contributed by atoms with Crippen LogP contribution in [0.15, 0.2) is 35.5 Å². The van der Waals surface area contributed by atoms with E-state index in [1.807, 2.05) is 23.9 Å². The minimum Gasteiger partial charge on any atom is -0.348 e. The topological polar surface area (TPSA) is 72.7 Å². The van der Waals surface area contributed by atoms with Crippen molar-refractivity contribution in [3.63, 3.8) is 0 Å². The Morgan fingerprint density at radius 2 is 2.37 bits per heavy atom. The molecule has 6 nitrogen and oxygen atoms in total. The highest BCUT2D eigenvalue weighted by atomic mass is 32.2. The van der Waals surface area contributed by atoms with Crippen molar-refractivity contribution in [3.05, 3.63) is 36.2 Å². The summed E-state index contributed by atoms with van der Waals surface area (Å²) < 4.78 is 1.42. The van der Waals surface area contributed by atoms with Crippen molar-refractivity contribution >= 4 is 17.7 Å². The van der Waals surface area contributed by atoms with E-state index < -0.39 is 0 Å². The monoisotopic (exact) mass is 275 g/mol. The van der Waals surface area contributed by atoms with Gasteiger partial charge in [0.25, 0.3) is 0 Å². The molecule has 1 aromatic carbocycles. The number of nitrogens with one attached hydrogen (secondary N) is 1. The lowest BCUT2D eigenvalue weighted by Gasteiger charge is -2.25. The molecule has 1 aliphatic heterocycles. The van der Waals surface area contributed by atoms with Crippen LogP contribution in [0, 0.1) is 0 Å². The fourth-order valence-corrected chi connectivity index (χ4v) is 3.26. The molecule has 1 aromatic heterocycles. The number of benzene rings is 1. The van der Waals surface area contributed by atoms with Gasteiger partial charge in [-0.05, 0) is 28.5 Å². The number of carbonyl (C=O) groups excluding carboxylic acids is 1. The van der Waals surface area contributed by atoms with Gasteiger partial charge in [0, 0.05) is 10.6 Å². The summed E-state index contributed by atoms with van der Waals surface area (Å²) in [5, 5.41) is 13.7. The van der Waals surface area contributed by atoms with Crippen LogP contribution < -0.4 is 5.32 Å². The molecular weight excluding hydrogens is 262 g/mol. The Hall–Kier alpha value is -1.89. The highest BCUT2D eigenvalue weighted by molar-refractivity contribution is 7.99. The molecule has 1 unspecified atom stereocenters. The maximum absolute atomic E-state index is 12.0. The van der Waals surface area contributed by atoms with Crippen molar-refractivity contribution in [1.82, 2.24) is 25.5 Å². The van der Waals surface area contributed by atoms with Gasteiger partial charge in [-0.25, -0.2) is 4.68 Å². The Labute approximate surface area is 114 Å². The number of hydrogen-bond donors (Lipinski definition) is 1. The van der Waals surface area contributed by atoms with Crippen molar-refractivity contribution < 1.29 is 4.79 Å². The van der Waals surface area contributed by atoms with E-state index >= 15 is 0 Å². The molecule has 0 bridgehead atoms. The van der Waals surface area contributed by atoms with Gasteiger partial charge < -0.3 is 5.32 Å². The van der Waals surface area contributed by atoms with Crippen LogP contribution in [0.4, 0.5) is 0 Å². The van der Waals surface area contributed by atoms with E-state index in [0.29, 0.717) is 0 Å². The van der Waals surface area contributed by atoms with Crippen LogP contribution in [0.25, 0.3) is 0 Å². The number of thioether (sulfide) groups is 1. The lowest BCUT2D eigenvalue weighted by Crippen LogP contribution is -2.33. The summed E-state index contributed by atoms with van der Waals surface area (Å²) in [6, 6.07) is 8.28. The molecule has 0 spiro atoms. The van der Waals surface area contributed by atoms with E-state index in [-0.39, 0.29) is 18.5 Å². The van der Waals surface area contributed by atoms with Gasteiger partial charge in [0.1, 0.15) is 12.9 Å². The predicted molar refractivity (Wildman–Crippen MR) is 70.5 cm³/mol. The largest absolute Gasteiger partial charge is 0.348 e. The normalized spacial score (nSPS) is 17.8. The van der Waals surface area contributed by atoms with Crippen molar-refractivity contribution in [2.45, 2.75) is 23.9 Å². The molecule has 1 amide bonds. The number of fused-ring (bicyclic) bond motifs is 1. The van der Waals surface area contributed by atoms with Gasteiger partial charge >= 0.3 is 0 Å². The predicted octanol–water partition coefficient (Wildman–Crippen LogP) is 1.03. The van der Waals surface area contributed by atoms with Crippen LogP contribution in [0.5, 0.6) is 0 Å². The molecule has 0 aliphatic carbocycles. The second-order valence-electron chi connectivity index (χ2n) is 4.30. The number of tetrazole rings is 1. The van der Waals surface area contributed by atoms with E-state index in [2.05, 4.69) is 33.0 Å². The van der Waals surface area contributed by atoms with E-state index in [1.165, 1.54) is 21.5 Å². The maximum Gasteiger partial charge on any atom is 0.242 e. The molecular formula is C12H13N5OS. The van der Waals surface area contributed by atoms with E-state index in [1.54, 1.807) is 0 Å². The zero-order valence-electron chi connectivity index (χ0n) is 10.2. The third kappa shape index (κ3) is 2.76. The van der Waals surface area contributed by atoms with Crippen LogP contribution in [0.2, 0.25) is 0 Å². The first-order valence-electron chi connectivity index (χ1n) is 6.05. The van der Waals surface area contributed by atoms with Crippen LogP contribution in [-0.4, -0.2) is 31.9 Å². The van der Waals surface area contributed by atoms with Gasteiger partial charge in [-0.3, -0.25) is 4.79 Å². The fourth-order valence-electron chi connectivity index (χ4n) is 2.13. The van der Waals surface area contributed by atoms with Gasteiger partial charge in [-0.1, -0.05) is 18.2 Å². The van der Waals surface area contributed by atoms with Crippen molar-refractivity contribution in [2.75, 3.05) is 5.75 Å². The van der Waals surface area contributed by atoms with Gasteiger partial charge in [-0.2, -0.15) is 0 Å². The van der Waals surface area contributed by atoms with Gasteiger partial charge in [0.05, 0.1) is 6.04 Å². The summed E-state index contributed by atoms with van der Waals surface area (Å²) in [6.07, 6.45) is 2.38. The van der Waals surface area contributed by atoms with Crippen LogP contribution in [0.3, 0.4) is 0 Å². The Morgan fingerprint density at radius 3 is 3.21 bits per heavy atom. The van der Waals surface area contributed by atoms with E-state index in [4.69, 9.17) is 0 Å². The number of aromatic nitrogens is 4. The quantitative estimate of drug-likeness (QED) is 0.905. The molecule has 7 heteroatoms. The SMILES string of the molecule is O=C(Cn1cnnn1)NC1CCSc2ccccc21. The summed E-state index contributed by atoms with van der Waals surface area (Å²) in [7, 11) is 0. The number of rotatable bonds is 3. The Bertz CT molecular complexity index is 571. The standard InChI is InChI=1S/C12H13N5OS/c18-12(7-17-8-13-15-16-17)14-10-5-6-19-11-4-2-1-3-9(10)11/h1-4,8,10H,5-7H2,(H,14,18). The Balaban J connectivity index is 1.69. The number of amides is 1. The summed E-state index contributed by atoms with van der Waals surface area (Å²) in [6.45, 7) is 0.152. The average molecular weight is 275 g/mol. The zero-order valence-corrected chi connectivity index (χ0v) is 11.0. The fraction of sp³-hybridized carbons (Fsp3) is 0.333. The first kappa shape index (κ1) is 12.2. The first-order valence-corrected chi connectivity index (χ1v) is 7.03. The van der Waals surface area contributed by atoms with Crippen LogP contribution in [-0.2, 0) is 11.3 Å². The van der Waals surface area contributed by atoms with Crippen molar-refractivity contribution in [3.8, 4) is 0 Å². The number of nitrogens with zero attached hydrogens (tertiary/aromatic N) is 4. The Morgan fingerprint density at radius 1 is 1.47 bits per heavy atom. The van der Waals surface area contributed by atoms with Crippen LogP contribution >= 0.6 is 11.8 Å². The molecule has 19 heavy (non-hydrogen) atoms. The molecule has 0 saturated heterocycles.